The van der Waals surface area contributed by atoms with Crippen molar-refractivity contribution in [3.63, 3.8) is 0 Å². The molecule has 0 saturated heterocycles. The maximum Gasteiger partial charge on any atom is 0.335 e. The summed E-state index contributed by atoms with van der Waals surface area (Å²) in [6.45, 7) is 0. The van der Waals surface area contributed by atoms with Crippen LogP contribution in [0.5, 0.6) is 0 Å². The van der Waals surface area contributed by atoms with Crippen molar-refractivity contribution < 1.29 is 19.1 Å². The number of rotatable bonds is 2. The first-order chi connectivity index (χ1) is 10.0. The molecule has 21 heavy (non-hydrogen) atoms. The van der Waals surface area contributed by atoms with Crippen LogP contribution in [-0.4, -0.2) is 17.0 Å². The third-order valence-corrected chi connectivity index (χ3v) is 3.23. The van der Waals surface area contributed by atoms with Crippen LogP contribution in [0.25, 0.3) is 11.6 Å². The molecule has 1 aliphatic heterocycles. The summed E-state index contributed by atoms with van der Waals surface area (Å²) >= 11 is 0. The van der Waals surface area contributed by atoms with Gasteiger partial charge in [-0.2, -0.15) is 0 Å². The highest BCUT2D eigenvalue weighted by Crippen LogP contribution is 2.33. The van der Waals surface area contributed by atoms with Gasteiger partial charge in [0.15, 0.2) is 0 Å². The fourth-order valence-electron chi connectivity index (χ4n) is 2.19. The van der Waals surface area contributed by atoms with E-state index >= 15 is 0 Å². The van der Waals surface area contributed by atoms with Crippen LogP contribution in [0.4, 0.5) is 10.1 Å². The molecule has 2 N–H and O–H groups in total. The lowest BCUT2D eigenvalue weighted by Gasteiger charge is -2.00. The zero-order chi connectivity index (χ0) is 15.0. The molecular weight excluding hydrogens is 273 g/mol. The molecule has 5 heteroatoms. The van der Waals surface area contributed by atoms with Gasteiger partial charge in [0.1, 0.15) is 5.82 Å². The minimum Gasteiger partial charge on any atom is -0.478 e. The molecule has 1 aliphatic rings. The minimum atomic E-state index is -1.01. The van der Waals surface area contributed by atoms with E-state index in [2.05, 4.69) is 5.32 Å². The van der Waals surface area contributed by atoms with Crippen molar-refractivity contribution in [3.05, 3.63) is 65.0 Å². The Morgan fingerprint density at radius 2 is 1.86 bits per heavy atom. The van der Waals surface area contributed by atoms with Gasteiger partial charge in [0, 0.05) is 16.8 Å². The Balaban J connectivity index is 2.02. The van der Waals surface area contributed by atoms with E-state index in [9.17, 15) is 14.0 Å². The normalized spacial score (nSPS) is 14.9. The van der Waals surface area contributed by atoms with Crippen molar-refractivity contribution >= 4 is 29.2 Å². The highest BCUT2D eigenvalue weighted by atomic mass is 19.1. The number of hydrogen-bond donors (Lipinski definition) is 2. The fourth-order valence-corrected chi connectivity index (χ4v) is 2.19. The summed E-state index contributed by atoms with van der Waals surface area (Å²) < 4.78 is 13.3. The summed E-state index contributed by atoms with van der Waals surface area (Å²) in [6, 6.07) is 10.2. The summed E-state index contributed by atoms with van der Waals surface area (Å²) in [5.74, 6) is -1.74. The van der Waals surface area contributed by atoms with Gasteiger partial charge in [-0.1, -0.05) is 12.1 Å². The number of nitrogens with one attached hydrogen (secondary N) is 1. The monoisotopic (exact) mass is 283 g/mol. The van der Waals surface area contributed by atoms with Crippen molar-refractivity contribution in [2.24, 2.45) is 0 Å². The largest absolute Gasteiger partial charge is 0.478 e. The van der Waals surface area contributed by atoms with Crippen LogP contribution in [0.3, 0.4) is 0 Å². The number of aromatic carboxylic acids is 1. The number of benzene rings is 2. The second-order valence-electron chi connectivity index (χ2n) is 4.63. The van der Waals surface area contributed by atoms with Crippen LogP contribution in [0.2, 0.25) is 0 Å². The zero-order valence-corrected chi connectivity index (χ0v) is 10.8. The Hall–Kier alpha value is -2.95. The highest BCUT2D eigenvalue weighted by Gasteiger charge is 2.24. The van der Waals surface area contributed by atoms with E-state index < -0.39 is 11.8 Å². The van der Waals surface area contributed by atoms with E-state index in [0.29, 0.717) is 22.4 Å². The number of amides is 1. The number of hydrogen-bond acceptors (Lipinski definition) is 2. The van der Waals surface area contributed by atoms with Crippen LogP contribution >= 0.6 is 0 Å². The molecule has 2 aromatic rings. The van der Waals surface area contributed by atoms with E-state index in [-0.39, 0.29) is 11.5 Å². The molecule has 0 saturated carbocycles. The van der Waals surface area contributed by atoms with Gasteiger partial charge < -0.3 is 10.4 Å². The second-order valence-corrected chi connectivity index (χ2v) is 4.63. The molecule has 2 aromatic carbocycles. The number of anilines is 1. The van der Waals surface area contributed by atoms with Gasteiger partial charge in [-0.25, -0.2) is 9.18 Å². The molecule has 104 valence electrons. The molecule has 0 aromatic heterocycles. The van der Waals surface area contributed by atoms with Crippen molar-refractivity contribution in [2.75, 3.05) is 5.32 Å². The predicted molar refractivity (Wildman–Crippen MR) is 76.3 cm³/mol. The fraction of sp³-hybridized carbons (Fsp3) is 0. The maximum atomic E-state index is 13.3. The van der Waals surface area contributed by atoms with Crippen molar-refractivity contribution in [1.82, 2.24) is 0 Å². The van der Waals surface area contributed by atoms with Gasteiger partial charge in [0.25, 0.3) is 5.91 Å². The Morgan fingerprint density at radius 3 is 2.52 bits per heavy atom. The molecule has 0 unspecified atom stereocenters. The average Bonchev–Trinajstić information content (AvgIpc) is 2.76. The van der Waals surface area contributed by atoms with E-state index in [1.54, 1.807) is 18.2 Å². The van der Waals surface area contributed by atoms with Crippen LogP contribution in [0.15, 0.2) is 42.5 Å². The first-order valence-corrected chi connectivity index (χ1v) is 6.21. The molecule has 0 aliphatic carbocycles. The van der Waals surface area contributed by atoms with E-state index in [0.717, 1.165) is 0 Å². The van der Waals surface area contributed by atoms with E-state index in [1.165, 1.54) is 30.3 Å². The molecule has 0 radical (unpaired) electrons. The molecule has 1 amide bonds. The molecule has 0 bridgehead atoms. The number of carboxylic acids is 1. The van der Waals surface area contributed by atoms with Gasteiger partial charge in [-0.3, -0.25) is 4.79 Å². The number of carbonyl (C=O) groups is 2. The summed E-state index contributed by atoms with van der Waals surface area (Å²) in [7, 11) is 0. The predicted octanol–water partition coefficient (Wildman–Crippen LogP) is 3.02. The molecule has 0 spiro atoms. The molecule has 1 heterocycles. The second kappa shape index (κ2) is 4.86. The lowest BCUT2D eigenvalue weighted by atomic mass is 10.0. The van der Waals surface area contributed by atoms with Crippen LogP contribution < -0.4 is 5.32 Å². The van der Waals surface area contributed by atoms with E-state index in [1.807, 2.05) is 0 Å². The third-order valence-electron chi connectivity index (χ3n) is 3.23. The maximum absolute atomic E-state index is 13.3. The first kappa shape index (κ1) is 13.1. The first-order valence-electron chi connectivity index (χ1n) is 6.21. The summed E-state index contributed by atoms with van der Waals surface area (Å²) in [5, 5.41) is 11.5. The number of carbonyl (C=O) groups excluding carboxylic acids is 1. The molecular formula is C16H10FNO3. The lowest BCUT2D eigenvalue weighted by molar-refractivity contribution is -0.110. The molecule has 0 atom stereocenters. The Bertz CT molecular complexity index is 779. The standard InChI is InChI=1S/C16H10FNO3/c17-11-5-6-14-12(8-11)13(15(19)18-14)7-9-1-3-10(4-2-9)16(20)21/h1-8H,(H,18,19)(H,20,21). The lowest BCUT2D eigenvalue weighted by Crippen LogP contribution is -2.03. The smallest absolute Gasteiger partial charge is 0.335 e. The Kier molecular flexibility index (Phi) is 3.02. The van der Waals surface area contributed by atoms with Gasteiger partial charge in [-0.05, 0) is 42.0 Å². The van der Waals surface area contributed by atoms with Crippen molar-refractivity contribution in [2.45, 2.75) is 0 Å². The summed E-state index contributed by atoms with van der Waals surface area (Å²) in [6.07, 6.45) is 1.60. The van der Waals surface area contributed by atoms with Crippen LogP contribution in [-0.2, 0) is 4.79 Å². The van der Waals surface area contributed by atoms with Gasteiger partial charge >= 0.3 is 5.97 Å². The van der Waals surface area contributed by atoms with Crippen LogP contribution in [0, 0.1) is 5.82 Å². The highest BCUT2D eigenvalue weighted by molar-refractivity contribution is 6.34. The summed E-state index contributed by atoms with van der Waals surface area (Å²) in [4.78, 5) is 22.7. The molecule has 0 fully saturated rings. The average molecular weight is 283 g/mol. The van der Waals surface area contributed by atoms with E-state index in [4.69, 9.17) is 5.11 Å². The summed E-state index contributed by atoms with van der Waals surface area (Å²) in [5.41, 5.74) is 2.26. The minimum absolute atomic E-state index is 0.166. The number of halogens is 1. The Morgan fingerprint density at radius 1 is 1.14 bits per heavy atom. The van der Waals surface area contributed by atoms with Gasteiger partial charge in [0.05, 0.1) is 5.56 Å². The SMILES string of the molecule is O=C1Nc2ccc(F)cc2C1=Cc1ccc(C(=O)O)cc1. The Labute approximate surface area is 119 Å². The molecule has 4 nitrogen and oxygen atoms in total. The zero-order valence-electron chi connectivity index (χ0n) is 10.8. The van der Waals surface area contributed by atoms with Gasteiger partial charge in [0.2, 0.25) is 0 Å². The number of fused-ring (bicyclic) bond motifs is 1. The quantitative estimate of drug-likeness (QED) is 0.832. The van der Waals surface area contributed by atoms with Crippen molar-refractivity contribution in [1.29, 1.82) is 0 Å². The van der Waals surface area contributed by atoms with Crippen LogP contribution in [0.1, 0.15) is 21.5 Å². The topological polar surface area (TPSA) is 66.4 Å². The number of carboxylic acid groups (broad SMARTS) is 1. The molecule has 3 rings (SSSR count). The third kappa shape index (κ3) is 2.41. The van der Waals surface area contributed by atoms with Gasteiger partial charge in [-0.15, -0.1) is 0 Å². The van der Waals surface area contributed by atoms with Crippen molar-refractivity contribution in [3.8, 4) is 0 Å².